The number of hydrogen-bond acceptors (Lipinski definition) is 9. The van der Waals surface area contributed by atoms with Crippen LogP contribution in [-0.2, 0) is 44.7 Å². The summed E-state index contributed by atoms with van der Waals surface area (Å²) in [6.45, 7) is 7.41. The zero-order valence-corrected chi connectivity index (χ0v) is 24.7. The maximum atomic E-state index is 13.2. The molecule has 1 N–H and O–H groups in total. The molecular formula is C27H36O10PS+. The first-order valence-corrected chi connectivity index (χ1v) is 15.1. The molecule has 0 aliphatic rings. The Morgan fingerprint density at radius 2 is 1.41 bits per heavy atom. The molecule has 10 nitrogen and oxygen atoms in total. The van der Waals surface area contributed by atoms with Crippen molar-refractivity contribution in [2.75, 3.05) is 5.75 Å². The average Bonchev–Trinajstić information content (AvgIpc) is 2.80. The molecule has 0 fully saturated rings. The highest BCUT2D eigenvalue weighted by atomic mass is 32.2. The second-order valence-electron chi connectivity index (χ2n) is 11.0. The zero-order valence-electron chi connectivity index (χ0n) is 22.9. The van der Waals surface area contributed by atoms with E-state index in [-0.39, 0.29) is 12.8 Å². The highest BCUT2D eigenvalue weighted by molar-refractivity contribution is 7.86. The number of para-hydroxylation sites is 1. The molecule has 39 heavy (non-hydrogen) atoms. The highest BCUT2D eigenvalue weighted by Crippen LogP contribution is 2.37. The van der Waals surface area contributed by atoms with E-state index in [1.807, 2.05) is 18.2 Å². The maximum Gasteiger partial charge on any atom is 0.519 e. The molecule has 0 bridgehead atoms. The summed E-state index contributed by atoms with van der Waals surface area (Å²) in [5.74, 6) is -1.28. The van der Waals surface area contributed by atoms with Gasteiger partial charge in [0.2, 0.25) is 5.66 Å². The van der Waals surface area contributed by atoms with Gasteiger partial charge >= 0.3 is 26.4 Å². The summed E-state index contributed by atoms with van der Waals surface area (Å²) in [4.78, 5) is 24.8. The smallest absolute Gasteiger partial charge is 0.457 e. The van der Waals surface area contributed by atoms with Gasteiger partial charge in [-0.05, 0) is 82.4 Å². The second kappa shape index (κ2) is 13.5. The fraction of sp³-hybridized carbons (Fsp3) is 0.481. The second-order valence-corrected chi connectivity index (χ2v) is 14.0. The number of benzene rings is 2. The topological polar surface area (TPSA) is 142 Å². The van der Waals surface area contributed by atoms with Gasteiger partial charge in [-0.15, -0.1) is 0 Å². The van der Waals surface area contributed by atoms with E-state index in [9.17, 15) is 27.1 Å². The molecule has 2 aromatic carbocycles. The van der Waals surface area contributed by atoms with Crippen molar-refractivity contribution < 1.29 is 45.9 Å². The van der Waals surface area contributed by atoms with Crippen LogP contribution in [0.25, 0.3) is 0 Å². The van der Waals surface area contributed by atoms with Gasteiger partial charge in [0.05, 0.1) is 10.8 Å². The van der Waals surface area contributed by atoms with Crippen molar-refractivity contribution in [1.29, 1.82) is 0 Å². The van der Waals surface area contributed by atoms with E-state index < -0.39 is 58.8 Å². The van der Waals surface area contributed by atoms with Crippen LogP contribution in [0.2, 0.25) is 0 Å². The molecule has 0 saturated carbocycles. The molecule has 2 rings (SSSR count). The predicted octanol–water partition coefficient (Wildman–Crippen LogP) is 5.89. The molecule has 0 radical (unpaired) electrons. The van der Waals surface area contributed by atoms with Crippen molar-refractivity contribution in [3.05, 3.63) is 60.2 Å². The number of carbonyl (C=O) groups is 2. The minimum absolute atomic E-state index is 0.0109. The first-order valence-electron chi connectivity index (χ1n) is 12.3. The summed E-state index contributed by atoms with van der Waals surface area (Å²) >= 11 is 0. The number of aryl methyl sites for hydroxylation is 1. The molecular weight excluding hydrogens is 547 g/mol. The molecule has 0 aromatic heterocycles. The van der Waals surface area contributed by atoms with Crippen LogP contribution in [0.1, 0.15) is 53.5 Å². The lowest BCUT2D eigenvalue weighted by atomic mass is 9.97. The number of hydrogen-bond donors (Lipinski definition) is 1. The lowest BCUT2D eigenvalue weighted by Crippen LogP contribution is -2.35. The van der Waals surface area contributed by atoms with Crippen LogP contribution in [-0.4, -0.2) is 42.8 Å². The average molecular weight is 584 g/mol. The van der Waals surface area contributed by atoms with Crippen LogP contribution in [0.3, 0.4) is 0 Å². The first kappa shape index (κ1) is 32.4. The third kappa shape index (κ3) is 11.8. The van der Waals surface area contributed by atoms with E-state index in [1.165, 1.54) is 0 Å². The zero-order chi connectivity index (χ0) is 29.4. The van der Waals surface area contributed by atoms with Crippen LogP contribution < -0.4 is 4.74 Å². The summed E-state index contributed by atoms with van der Waals surface area (Å²) in [6, 6.07) is 16.2. The predicted molar refractivity (Wildman–Crippen MR) is 145 cm³/mol. The van der Waals surface area contributed by atoms with Gasteiger partial charge in [0.1, 0.15) is 17.3 Å². The SMILES string of the molecule is CC(C)(C)C(=O)OC(OC(=O)C(C)(C)C)O[P+](=O)C(CCc1cccc(Oc2ccccc2)c1)CS(=O)(=O)O. The molecule has 0 aliphatic carbocycles. The lowest BCUT2D eigenvalue weighted by Gasteiger charge is -2.23. The summed E-state index contributed by atoms with van der Waals surface area (Å²) < 4.78 is 67.5. The number of ether oxygens (including phenoxy) is 3. The summed E-state index contributed by atoms with van der Waals surface area (Å²) in [5, 5.41) is 0. The van der Waals surface area contributed by atoms with Crippen LogP contribution in [0.15, 0.2) is 54.6 Å². The van der Waals surface area contributed by atoms with Gasteiger partial charge in [-0.1, -0.05) is 34.9 Å². The molecule has 0 spiro atoms. The molecule has 0 amide bonds. The lowest BCUT2D eigenvalue weighted by molar-refractivity contribution is -0.243. The fourth-order valence-corrected chi connectivity index (χ4v) is 5.45. The summed E-state index contributed by atoms with van der Waals surface area (Å²) in [6.07, 6.45) is 0.266. The van der Waals surface area contributed by atoms with Crippen molar-refractivity contribution >= 4 is 30.1 Å². The Morgan fingerprint density at radius 3 is 1.92 bits per heavy atom. The minimum atomic E-state index is -4.55. The maximum absolute atomic E-state index is 13.2. The molecule has 214 valence electrons. The number of carbonyl (C=O) groups excluding carboxylic acids is 2. The molecule has 0 heterocycles. The van der Waals surface area contributed by atoms with Crippen LogP contribution in [0.5, 0.6) is 11.5 Å². The van der Waals surface area contributed by atoms with Gasteiger partial charge in [0, 0.05) is 6.42 Å². The van der Waals surface area contributed by atoms with E-state index in [1.54, 1.807) is 77.9 Å². The van der Waals surface area contributed by atoms with Gasteiger partial charge in [0.15, 0.2) is 0 Å². The van der Waals surface area contributed by atoms with Crippen molar-refractivity contribution in [3.63, 3.8) is 0 Å². The summed E-state index contributed by atoms with van der Waals surface area (Å²) in [7, 11) is -7.45. The van der Waals surface area contributed by atoms with Crippen LogP contribution >= 0.6 is 8.03 Å². The Morgan fingerprint density at radius 1 is 0.872 bits per heavy atom. The molecule has 2 unspecified atom stereocenters. The largest absolute Gasteiger partial charge is 0.519 e. The molecule has 2 aromatic rings. The Hall–Kier alpha value is -2.85. The van der Waals surface area contributed by atoms with Crippen molar-refractivity contribution in [2.24, 2.45) is 10.8 Å². The van der Waals surface area contributed by atoms with Crippen LogP contribution in [0, 0.1) is 10.8 Å². The van der Waals surface area contributed by atoms with E-state index in [4.69, 9.17) is 18.7 Å². The van der Waals surface area contributed by atoms with Gasteiger partial charge in [-0.25, -0.2) is 0 Å². The Kier molecular flexibility index (Phi) is 11.2. The molecule has 0 aliphatic heterocycles. The standard InChI is InChI=1S/C27H35O10PS/c1-26(2,3)23(28)35-25(36-24(29)27(4,5)6)37-38(30)22(18-39(31,32)33)16-15-19-11-10-14-21(17-19)34-20-12-8-7-9-13-20/h7-14,17,22,25H,15-16,18H2,1-6H3/p+1. The Labute approximate surface area is 230 Å². The first-order chi connectivity index (χ1) is 17.9. The van der Waals surface area contributed by atoms with Gasteiger partial charge in [0.25, 0.3) is 10.1 Å². The third-order valence-electron chi connectivity index (χ3n) is 5.17. The van der Waals surface area contributed by atoms with E-state index in [0.717, 1.165) is 5.56 Å². The quantitative estimate of drug-likeness (QED) is 0.139. The number of rotatable bonds is 12. The highest BCUT2D eigenvalue weighted by Gasteiger charge is 2.43. The van der Waals surface area contributed by atoms with Gasteiger partial charge in [-0.3, -0.25) is 14.1 Å². The normalized spacial score (nSPS) is 13.5. The van der Waals surface area contributed by atoms with Crippen molar-refractivity contribution in [1.82, 2.24) is 0 Å². The van der Waals surface area contributed by atoms with Crippen LogP contribution in [0.4, 0.5) is 0 Å². The van der Waals surface area contributed by atoms with E-state index in [0.29, 0.717) is 11.5 Å². The monoisotopic (exact) mass is 583 g/mol. The fourth-order valence-electron chi connectivity index (χ4n) is 2.98. The molecule has 12 heteroatoms. The Balaban J connectivity index is 2.19. The minimum Gasteiger partial charge on any atom is -0.457 e. The Bertz CT molecular complexity index is 1220. The number of esters is 2. The van der Waals surface area contributed by atoms with Gasteiger partial charge < -0.3 is 14.2 Å². The molecule has 2 atom stereocenters. The molecule has 0 saturated heterocycles. The van der Waals surface area contributed by atoms with Crippen molar-refractivity contribution in [3.8, 4) is 11.5 Å². The summed E-state index contributed by atoms with van der Waals surface area (Å²) in [5.41, 5.74) is -2.45. The van der Waals surface area contributed by atoms with E-state index in [2.05, 4.69) is 0 Å². The van der Waals surface area contributed by atoms with E-state index >= 15 is 0 Å². The van der Waals surface area contributed by atoms with Crippen molar-refractivity contribution in [2.45, 2.75) is 66.5 Å². The third-order valence-corrected chi connectivity index (χ3v) is 7.65. The van der Waals surface area contributed by atoms with Gasteiger partial charge in [-0.2, -0.15) is 8.42 Å².